The molecule has 0 radical (unpaired) electrons. The number of benzene rings is 2. The van der Waals surface area contributed by atoms with Crippen LogP contribution in [0.15, 0.2) is 54.6 Å². The molecule has 0 spiro atoms. The summed E-state index contributed by atoms with van der Waals surface area (Å²) >= 11 is 0. The summed E-state index contributed by atoms with van der Waals surface area (Å²) in [6, 6.07) is 18.8. The molecule has 0 unspecified atom stereocenters. The van der Waals surface area contributed by atoms with Gasteiger partial charge in [0, 0.05) is 31.1 Å². The number of aliphatic carboxylic acids is 1. The minimum Gasteiger partial charge on any atom is -0.481 e. The number of carboxylic acid groups (broad SMARTS) is 1. The quantitative estimate of drug-likeness (QED) is 0.914. The molecular weight excluding hydrogens is 262 g/mol. The minimum absolute atomic E-state index is 0.191. The maximum atomic E-state index is 10.6. The van der Waals surface area contributed by atoms with Crippen LogP contribution in [0.1, 0.15) is 23.5 Å². The Bertz CT molecular complexity index is 618. The summed E-state index contributed by atoms with van der Waals surface area (Å²) in [6.45, 7) is 2.07. The van der Waals surface area contributed by atoms with Crippen molar-refractivity contribution in [1.29, 1.82) is 0 Å². The molecule has 21 heavy (non-hydrogen) atoms. The number of carbonyl (C=O) groups is 1. The fourth-order valence-corrected chi connectivity index (χ4v) is 2.79. The monoisotopic (exact) mass is 281 g/mol. The molecule has 0 amide bonds. The van der Waals surface area contributed by atoms with E-state index in [0.717, 1.165) is 18.7 Å². The Hall–Kier alpha value is -2.29. The van der Waals surface area contributed by atoms with Crippen molar-refractivity contribution in [3.05, 3.63) is 65.7 Å². The molecule has 0 aromatic heterocycles. The first-order valence-electron chi connectivity index (χ1n) is 7.33. The lowest BCUT2D eigenvalue weighted by Gasteiger charge is -2.41. The van der Waals surface area contributed by atoms with Gasteiger partial charge in [0.25, 0.3) is 0 Å². The highest BCUT2D eigenvalue weighted by molar-refractivity contribution is 5.67. The number of carboxylic acids is 1. The molecule has 0 atom stereocenters. The zero-order valence-corrected chi connectivity index (χ0v) is 11.9. The Morgan fingerprint density at radius 2 is 1.86 bits per heavy atom. The summed E-state index contributed by atoms with van der Waals surface area (Å²) in [6.07, 6.45) is 0.787. The average molecular weight is 281 g/mol. The fourth-order valence-electron chi connectivity index (χ4n) is 2.79. The van der Waals surface area contributed by atoms with Gasteiger partial charge in [-0.15, -0.1) is 0 Å². The second kappa shape index (κ2) is 6.00. The standard InChI is InChI=1S/C18H19NO2/c20-18(21)10-9-14-5-4-8-17(11-14)19-12-16(13-19)15-6-2-1-3-7-15/h1-8,11,16H,9-10,12-13H2,(H,20,21). The van der Waals surface area contributed by atoms with Crippen molar-refractivity contribution in [3.63, 3.8) is 0 Å². The lowest BCUT2D eigenvalue weighted by molar-refractivity contribution is -0.136. The van der Waals surface area contributed by atoms with Gasteiger partial charge < -0.3 is 10.0 Å². The van der Waals surface area contributed by atoms with Gasteiger partial charge in [0.1, 0.15) is 0 Å². The minimum atomic E-state index is -0.742. The smallest absolute Gasteiger partial charge is 0.303 e. The maximum Gasteiger partial charge on any atom is 0.303 e. The highest BCUT2D eigenvalue weighted by Crippen LogP contribution is 2.31. The van der Waals surface area contributed by atoms with Gasteiger partial charge >= 0.3 is 5.97 Å². The summed E-state index contributed by atoms with van der Waals surface area (Å²) in [5.41, 5.74) is 3.69. The lowest BCUT2D eigenvalue weighted by atomic mass is 9.91. The molecule has 1 aliphatic heterocycles. The van der Waals surface area contributed by atoms with Gasteiger partial charge in [0.15, 0.2) is 0 Å². The number of rotatable bonds is 5. The molecule has 0 aliphatic carbocycles. The second-order valence-electron chi connectivity index (χ2n) is 5.58. The van der Waals surface area contributed by atoms with Crippen LogP contribution >= 0.6 is 0 Å². The molecule has 0 saturated carbocycles. The van der Waals surface area contributed by atoms with Gasteiger partial charge in [-0.1, -0.05) is 42.5 Å². The molecule has 1 heterocycles. The number of nitrogens with zero attached hydrogens (tertiary/aromatic N) is 1. The Balaban J connectivity index is 1.61. The van der Waals surface area contributed by atoms with E-state index in [-0.39, 0.29) is 6.42 Å². The third-order valence-electron chi connectivity index (χ3n) is 4.06. The van der Waals surface area contributed by atoms with Crippen molar-refractivity contribution in [1.82, 2.24) is 0 Å². The molecule has 2 aromatic carbocycles. The topological polar surface area (TPSA) is 40.5 Å². The predicted molar refractivity (Wildman–Crippen MR) is 83.8 cm³/mol. The van der Waals surface area contributed by atoms with E-state index in [1.54, 1.807) is 0 Å². The van der Waals surface area contributed by atoms with E-state index in [1.807, 2.05) is 18.2 Å². The van der Waals surface area contributed by atoms with Crippen LogP contribution in [0.2, 0.25) is 0 Å². The average Bonchev–Trinajstić information content (AvgIpc) is 2.45. The Morgan fingerprint density at radius 1 is 1.10 bits per heavy atom. The Labute approximate surface area is 124 Å². The Kier molecular flexibility index (Phi) is 3.91. The number of hydrogen-bond donors (Lipinski definition) is 1. The van der Waals surface area contributed by atoms with Crippen LogP contribution in [0.25, 0.3) is 0 Å². The molecule has 3 rings (SSSR count). The number of anilines is 1. The lowest BCUT2D eigenvalue weighted by Crippen LogP contribution is -2.45. The van der Waals surface area contributed by atoms with E-state index in [4.69, 9.17) is 5.11 Å². The molecule has 1 N–H and O–H groups in total. The molecule has 1 fully saturated rings. The summed E-state index contributed by atoms with van der Waals surface area (Å²) in [4.78, 5) is 13.0. The van der Waals surface area contributed by atoms with Crippen molar-refractivity contribution in [2.24, 2.45) is 0 Å². The molecule has 3 nitrogen and oxygen atoms in total. The molecule has 108 valence electrons. The van der Waals surface area contributed by atoms with Crippen LogP contribution in [0.3, 0.4) is 0 Å². The molecule has 1 saturated heterocycles. The first kappa shape index (κ1) is 13.7. The second-order valence-corrected chi connectivity index (χ2v) is 5.58. The van der Waals surface area contributed by atoms with Crippen molar-refractivity contribution in [2.45, 2.75) is 18.8 Å². The van der Waals surface area contributed by atoms with Crippen molar-refractivity contribution in [2.75, 3.05) is 18.0 Å². The largest absolute Gasteiger partial charge is 0.481 e. The van der Waals surface area contributed by atoms with E-state index in [1.165, 1.54) is 11.3 Å². The highest BCUT2D eigenvalue weighted by Gasteiger charge is 2.27. The zero-order valence-electron chi connectivity index (χ0n) is 11.9. The van der Waals surface area contributed by atoms with E-state index < -0.39 is 5.97 Å². The maximum absolute atomic E-state index is 10.6. The van der Waals surface area contributed by atoms with Crippen molar-refractivity contribution in [3.8, 4) is 0 Å². The van der Waals surface area contributed by atoms with Crippen LogP contribution in [0.5, 0.6) is 0 Å². The summed E-state index contributed by atoms with van der Waals surface area (Å²) in [5, 5.41) is 8.76. The van der Waals surface area contributed by atoms with Crippen molar-refractivity contribution >= 4 is 11.7 Å². The van der Waals surface area contributed by atoms with Crippen molar-refractivity contribution < 1.29 is 9.90 Å². The van der Waals surface area contributed by atoms with E-state index in [0.29, 0.717) is 12.3 Å². The van der Waals surface area contributed by atoms with Gasteiger partial charge in [-0.05, 0) is 29.7 Å². The van der Waals surface area contributed by atoms with Gasteiger partial charge in [0.05, 0.1) is 0 Å². The van der Waals surface area contributed by atoms with Gasteiger partial charge in [-0.25, -0.2) is 0 Å². The summed E-state index contributed by atoms with van der Waals surface area (Å²) in [7, 11) is 0. The van der Waals surface area contributed by atoms with Crippen LogP contribution in [-0.2, 0) is 11.2 Å². The summed E-state index contributed by atoms with van der Waals surface area (Å²) < 4.78 is 0. The first-order valence-corrected chi connectivity index (χ1v) is 7.33. The third-order valence-corrected chi connectivity index (χ3v) is 4.06. The number of aryl methyl sites for hydroxylation is 1. The fraction of sp³-hybridized carbons (Fsp3) is 0.278. The zero-order chi connectivity index (χ0) is 14.7. The molecule has 1 aliphatic rings. The van der Waals surface area contributed by atoms with Gasteiger partial charge in [-0.3, -0.25) is 4.79 Å². The summed E-state index contributed by atoms with van der Waals surface area (Å²) in [5.74, 6) is -0.137. The number of hydrogen-bond acceptors (Lipinski definition) is 2. The van der Waals surface area contributed by atoms with Crippen LogP contribution < -0.4 is 4.90 Å². The molecule has 0 bridgehead atoms. The Morgan fingerprint density at radius 3 is 2.57 bits per heavy atom. The highest BCUT2D eigenvalue weighted by atomic mass is 16.4. The van der Waals surface area contributed by atoms with E-state index >= 15 is 0 Å². The SMILES string of the molecule is O=C(O)CCc1cccc(N2CC(c3ccccc3)C2)c1. The van der Waals surface area contributed by atoms with E-state index in [2.05, 4.69) is 41.3 Å². The predicted octanol–water partition coefficient (Wildman–Crippen LogP) is 3.31. The third kappa shape index (κ3) is 3.24. The molecular formula is C18H19NO2. The van der Waals surface area contributed by atoms with Gasteiger partial charge in [-0.2, -0.15) is 0 Å². The normalized spacial score (nSPS) is 14.8. The molecule has 3 heteroatoms. The van der Waals surface area contributed by atoms with E-state index in [9.17, 15) is 4.79 Å². The first-order chi connectivity index (χ1) is 10.2. The van der Waals surface area contributed by atoms with Gasteiger partial charge in [0.2, 0.25) is 0 Å². The molecule has 2 aromatic rings. The van der Waals surface area contributed by atoms with Crippen LogP contribution in [0.4, 0.5) is 5.69 Å². The van der Waals surface area contributed by atoms with Crippen LogP contribution in [0, 0.1) is 0 Å². The van der Waals surface area contributed by atoms with Crippen LogP contribution in [-0.4, -0.2) is 24.2 Å².